The molecule has 3 N–H and O–H groups in total. The molecule has 0 radical (unpaired) electrons. The molecule has 136 valence electrons. The van der Waals surface area contributed by atoms with E-state index in [1.54, 1.807) is 0 Å². The van der Waals surface area contributed by atoms with Crippen LogP contribution in [-0.2, 0) is 14.4 Å². The number of hydrogen-bond acceptors (Lipinski definition) is 4. The van der Waals surface area contributed by atoms with E-state index in [0.717, 1.165) is 25.0 Å². The minimum atomic E-state index is -1.27. The number of carboxylic acid groups (broad SMARTS) is 1. The van der Waals surface area contributed by atoms with E-state index in [4.69, 9.17) is 9.84 Å². The van der Waals surface area contributed by atoms with Crippen molar-refractivity contribution in [3.8, 4) is 5.75 Å². The van der Waals surface area contributed by atoms with Gasteiger partial charge in [-0.2, -0.15) is 0 Å². The lowest BCUT2D eigenvalue weighted by molar-refractivity contribution is -0.145. The van der Waals surface area contributed by atoms with Crippen molar-refractivity contribution >= 4 is 17.8 Å². The van der Waals surface area contributed by atoms with E-state index < -0.39 is 17.9 Å². The van der Waals surface area contributed by atoms with Crippen LogP contribution in [0.1, 0.15) is 25.7 Å². The second kappa shape index (κ2) is 9.00. The summed E-state index contributed by atoms with van der Waals surface area (Å²) in [6, 6.07) is 4.94. The molecule has 1 atom stereocenters. The summed E-state index contributed by atoms with van der Waals surface area (Å²) in [6.07, 6.45) is 1.23. The predicted molar refractivity (Wildman–Crippen MR) is 86.4 cm³/mol. The summed E-state index contributed by atoms with van der Waals surface area (Å²) in [5.41, 5.74) is 0. The molecule has 1 unspecified atom stereocenters. The number of aliphatic carboxylic acids is 1. The Bertz CT molecular complexity index is 616. The Balaban J connectivity index is 1.66. The second-order valence-corrected chi connectivity index (χ2v) is 5.87. The number of carboxylic acids is 1. The summed E-state index contributed by atoms with van der Waals surface area (Å²) in [6.45, 7) is 0.206. The van der Waals surface area contributed by atoms with Gasteiger partial charge in [-0.15, -0.1) is 0 Å². The highest BCUT2D eigenvalue weighted by Crippen LogP contribution is 2.28. The average molecular weight is 352 g/mol. The Kier molecular flexibility index (Phi) is 6.73. The number of nitrogens with one attached hydrogen (secondary N) is 2. The Labute approximate surface area is 144 Å². The molecule has 7 nitrogen and oxygen atoms in total. The normalized spacial score (nSPS) is 14.4. The van der Waals surface area contributed by atoms with Crippen LogP contribution in [0, 0.1) is 11.7 Å². The fraction of sp³-hybridized carbons (Fsp3) is 0.471. The van der Waals surface area contributed by atoms with E-state index in [9.17, 15) is 18.8 Å². The first kappa shape index (κ1) is 18.7. The molecule has 1 aliphatic rings. The zero-order valence-corrected chi connectivity index (χ0v) is 13.7. The van der Waals surface area contributed by atoms with Gasteiger partial charge in [0.2, 0.25) is 17.9 Å². The Hall–Kier alpha value is -2.64. The molecule has 2 amide bonds. The smallest absolute Gasteiger partial charge is 0.346 e. The SMILES string of the molecule is O=C(CCCNC(=O)C1CC1)NCC(Oc1ccc(F)cc1)C(=O)O. The third-order valence-electron chi connectivity index (χ3n) is 3.68. The number of ether oxygens (including phenoxy) is 1. The molecular weight excluding hydrogens is 331 g/mol. The van der Waals surface area contributed by atoms with Crippen LogP contribution in [0.15, 0.2) is 24.3 Å². The Morgan fingerprint density at radius 1 is 1.20 bits per heavy atom. The van der Waals surface area contributed by atoms with Gasteiger partial charge >= 0.3 is 5.97 Å². The third kappa shape index (κ3) is 6.78. The van der Waals surface area contributed by atoms with Gasteiger partial charge in [0, 0.05) is 18.9 Å². The summed E-state index contributed by atoms with van der Waals surface area (Å²) < 4.78 is 18.1. The van der Waals surface area contributed by atoms with Gasteiger partial charge in [-0.05, 0) is 43.5 Å². The number of amides is 2. The third-order valence-corrected chi connectivity index (χ3v) is 3.68. The molecule has 2 rings (SSSR count). The predicted octanol–water partition coefficient (Wildman–Crippen LogP) is 1.08. The van der Waals surface area contributed by atoms with Crippen molar-refractivity contribution in [2.45, 2.75) is 31.8 Å². The van der Waals surface area contributed by atoms with Gasteiger partial charge in [0.05, 0.1) is 6.54 Å². The molecule has 1 saturated carbocycles. The molecule has 0 bridgehead atoms. The van der Waals surface area contributed by atoms with Crippen LogP contribution in [0.2, 0.25) is 0 Å². The zero-order valence-electron chi connectivity index (χ0n) is 13.7. The maximum absolute atomic E-state index is 12.8. The minimum absolute atomic E-state index is 0.0269. The lowest BCUT2D eigenvalue weighted by Gasteiger charge is -2.16. The number of carbonyl (C=O) groups excluding carboxylic acids is 2. The van der Waals surface area contributed by atoms with Crippen LogP contribution in [0.5, 0.6) is 5.75 Å². The van der Waals surface area contributed by atoms with Crippen molar-refractivity contribution in [3.05, 3.63) is 30.1 Å². The van der Waals surface area contributed by atoms with Crippen LogP contribution in [0.25, 0.3) is 0 Å². The van der Waals surface area contributed by atoms with E-state index in [1.807, 2.05) is 0 Å². The standard InChI is InChI=1S/C17H21FN2O5/c18-12-5-7-13(8-6-12)25-14(17(23)24)10-20-15(21)2-1-9-19-16(22)11-3-4-11/h5-8,11,14H,1-4,9-10H2,(H,19,22)(H,20,21)(H,23,24). The number of rotatable bonds is 10. The highest BCUT2D eigenvalue weighted by atomic mass is 19.1. The van der Waals surface area contributed by atoms with Crippen LogP contribution in [0.3, 0.4) is 0 Å². The molecule has 0 spiro atoms. The summed E-state index contributed by atoms with van der Waals surface area (Å²) in [5.74, 6) is -1.66. The molecular formula is C17H21FN2O5. The summed E-state index contributed by atoms with van der Waals surface area (Å²) in [5, 5.41) is 14.4. The van der Waals surface area contributed by atoms with Crippen molar-refractivity contribution in [1.82, 2.24) is 10.6 Å². The van der Waals surface area contributed by atoms with E-state index >= 15 is 0 Å². The van der Waals surface area contributed by atoms with Crippen molar-refractivity contribution in [2.75, 3.05) is 13.1 Å². The van der Waals surface area contributed by atoms with Crippen LogP contribution >= 0.6 is 0 Å². The van der Waals surface area contributed by atoms with E-state index in [1.165, 1.54) is 12.1 Å². The minimum Gasteiger partial charge on any atom is -0.478 e. The second-order valence-electron chi connectivity index (χ2n) is 5.87. The summed E-state index contributed by atoms with van der Waals surface area (Å²) in [4.78, 5) is 34.3. The largest absolute Gasteiger partial charge is 0.478 e. The van der Waals surface area contributed by atoms with Gasteiger partial charge < -0.3 is 20.5 Å². The first-order chi connectivity index (χ1) is 12.0. The molecule has 0 saturated heterocycles. The zero-order chi connectivity index (χ0) is 18.2. The Morgan fingerprint density at radius 2 is 1.88 bits per heavy atom. The molecule has 1 aromatic carbocycles. The van der Waals surface area contributed by atoms with Crippen LogP contribution < -0.4 is 15.4 Å². The topological polar surface area (TPSA) is 105 Å². The van der Waals surface area contributed by atoms with Crippen LogP contribution in [-0.4, -0.2) is 42.1 Å². The number of carbonyl (C=O) groups is 3. The van der Waals surface area contributed by atoms with Crippen molar-refractivity contribution in [1.29, 1.82) is 0 Å². The maximum atomic E-state index is 12.8. The summed E-state index contributed by atoms with van der Waals surface area (Å²) >= 11 is 0. The molecule has 0 aliphatic heterocycles. The molecule has 0 heterocycles. The van der Waals surface area contributed by atoms with Crippen molar-refractivity contribution < 1.29 is 28.6 Å². The van der Waals surface area contributed by atoms with Gasteiger partial charge in [0.25, 0.3) is 0 Å². The maximum Gasteiger partial charge on any atom is 0.346 e. The quantitative estimate of drug-likeness (QED) is 0.547. The van der Waals surface area contributed by atoms with Crippen molar-refractivity contribution in [2.24, 2.45) is 5.92 Å². The molecule has 0 aromatic heterocycles. The van der Waals surface area contributed by atoms with E-state index in [-0.39, 0.29) is 36.4 Å². The first-order valence-corrected chi connectivity index (χ1v) is 8.15. The van der Waals surface area contributed by atoms with Gasteiger partial charge in [-0.25, -0.2) is 9.18 Å². The fourth-order valence-corrected chi connectivity index (χ4v) is 2.10. The van der Waals surface area contributed by atoms with Gasteiger partial charge in [-0.3, -0.25) is 9.59 Å². The number of benzene rings is 1. The average Bonchev–Trinajstić information content (AvgIpc) is 3.41. The molecule has 1 fully saturated rings. The van der Waals surface area contributed by atoms with E-state index in [2.05, 4.69) is 10.6 Å². The van der Waals surface area contributed by atoms with Gasteiger partial charge in [0.1, 0.15) is 11.6 Å². The molecule has 1 aliphatic carbocycles. The molecule has 8 heteroatoms. The monoisotopic (exact) mass is 352 g/mol. The first-order valence-electron chi connectivity index (χ1n) is 8.15. The highest BCUT2D eigenvalue weighted by Gasteiger charge is 2.29. The lowest BCUT2D eigenvalue weighted by Crippen LogP contribution is -2.40. The Morgan fingerprint density at radius 3 is 2.48 bits per heavy atom. The molecule has 1 aromatic rings. The van der Waals surface area contributed by atoms with Crippen LogP contribution in [0.4, 0.5) is 4.39 Å². The number of halogens is 1. The summed E-state index contributed by atoms with van der Waals surface area (Å²) in [7, 11) is 0. The number of hydrogen-bond donors (Lipinski definition) is 3. The highest BCUT2D eigenvalue weighted by molar-refractivity contribution is 5.81. The lowest BCUT2D eigenvalue weighted by atomic mass is 10.2. The van der Waals surface area contributed by atoms with Gasteiger partial charge in [0.15, 0.2) is 0 Å². The van der Waals surface area contributed by atoms with Gasteiger partial charge in [-0.1, -0.05) is 0 Å². The fourth-order valence-electron chi connectivity index (χ4n) is 2.10. The molecule has 25 heavy (non-hydrogen) atoms. The van der Waals surface area contributed by atoms with Crippen molar-refractivity contribution in [3.63, 3.8) is 0 Å². The van der Waals surface area contributed by atoms with E-state index in [0.29, 0.717) is 13.0 Å².